The van der Waals surface area contributed by atoms with Crippen LogP contribution < -0.4 is 21.1 Å². The molecule has 6 aromatic rings. The average molecular weight is 938 g/mol. The average Bonchev–Trinajstić information content (AvgIpc) is 4.10. The number of nitrogen functional groups attached to an aromatic ring is 1. The number of hydrogen-bond acceptors (Lipinski definition) is 12. The van der Waals surface area contributed by atoms with Crippen LogP contribution in [0.3, 0.4) is 0 Å². The molecule has 0 saturated carbocycles. The number of amides is 3. The number of thiazole rings is 1. The molecule has 1 aliphatic heterocycles. The Morgan fingerprint density at radius 2 is 1.68 bits per heavy atom. The molecule has 0 aliphatic carbocycles. The van der Waals surface area contributed by atoms with Gasteiger partial charge in [-0.2, -0.15) is 10.2 Å². The Morgan fingerprint density at radius 3 is 2.36 bits per heavy atom. The Hall–Kier alpha value is -6.18. The van der Waals surface area contributed by atoms with Crippen molar-refractivity contribution < 1.29 is 27.9 Å². The van der Waals surface area contributed by atoms with Crippen LogP contribution >= 0.6 is 11.3 Å². The minimum absolute atomic E-state index is 0.0104. The zero-order valence-corrected chi connectivity index (χ0v) is 39.9. The normalized spacial score (nSPS) is 15.8. The van der Waals surface area contributed by atoms with E-state index in [2.05, 4.69) is 30.4 Å². The van der Waals surface area contributed by atoms with Gasteiger partial charge in [0.05, 0.1) is 45.0 Å². The summed E-state index contributed by atoms with van der Waals surface area (Å²) in [6.07, 6.45) is 8.10. The van der Waals surface area contributed by atoms with Crippen LogP contribution in [0.25, 0.3) is 43.7 Å². The number of nitrogens with zero attached hydrogens (tertiary/aromatic N) is 7. The highest BCUT2D eigenvalue weighted by Gasteiger charge is 2.44. The first-order valence-corrected chi connectivity index (χ1v) is 24.8. The van der Waals surface area contributed by atoms with Gasteiger partial charge in [-0.3, -0.25) is 28.5 Å². The van der Waals surface area contributed by atoms with Gasteiger partial charge >= 0.3 is 0 Å². The Kier molecular flexibility index (Phi) is 14.6. The Morgan fingerprint density at radius 1 is 0.970 bits per heavy atom. The molecular formula is C47H59N11O6S2. The number of sulfonamides is 1. The standard InChI is InChI=1S/C47H59N11O6S2/c1-7-66(63,64)55-34-19-17-31(18-20-34)40-39-41(56(6)54-40)36(25-49-44(39)48)33-24-52-57(26-33)21-11-9-8-10-12-38(60)53-43(47(3,4)5)46(62)58-27-35(59)22-37(58)45(61)50-23-30-13-15-32(16-14-30)42-29(2)51-28-65-42/h13-20,24-26,28,35,37,43,55,59H,7-12,21-23,27H2,1-6H3,(H2,48,49)(H,50,61)(H,53,60)/t35-,37+,43-/m1/s1. The molecule has 0 unspecified atom stereocenters. The summed E-state index contributed by atoms with van der Waals surface area (Å²) in [7, 11) is -1.57. The minimum Gasteiger partial charge on any atom is -0.391 e. The highest BCUT2D eigenvalue weighted by Crippen LogP contribution is 2.37. The van der Waals surface area contributed by atoms with Gasteiger partial charge in [0, 0.05) is 74.3 Å². The number of carbonyl (C=O) groups is 3. The van der Waals surface area contributed by atoms with Crippen molar-refractivity contribution >= 4 is 61.5 Å². The molecule has 6 N–H and O–H groups in total. The highest BCUT2D eigenvalue weighted by atomic mass is 32.2. The van der Waals surface area contributed by atoms with Crippen molar-refractivity contribution in [1.29, 1.82) is 0 Å². The number of pyridine rings is 1. The number of fused-ring (bicyclic) bond motifs is 1. The monoisotopic (exact) mass is 937 g/mol. The minimum atomic E-state index is -3.41. The smallest absolute Gasteiger partial charge is 0.246 e. The van der Waals surface area contributed by atoms with Gasteiger partial charge < -0.3 is 26.4 Å². The molecule has 66 heavy (non-hydrogen) atoms. The van der Waals surface area contributed by atoms with Crippen molar-refractivity contribution in [3.05, 3.63) is 83.9 Å². The van der Waals surface area contributed by atoms with Gasteiger partial charge in [0.1, 0.15) is 23.6 Å². The molecule has 1 aliphatic rings. The van der Waals surface area contributed by atoms with E-state index < -0.39 is 33.6 Å². The van der Waals surface area contributed by atoms with E-state index in [1.165, 1.54) is 4.90 Å². The molecular weight excluding hydrogens is 879 g/mol. The van der Waals surface area contributed by atoms with Crippen LogP contribution in [0.1, 0.15) is 77.5 Å². The van der Waals surface area contributed by atoms with Crippen molar-refractivity contribution in [2.24, 2.45) is 12.5 Å². The lowest BCUT2D eigenvalue weighted by molar-refractivity contribution is -0.144. The predicted molar refractivity (Wildman–Crippen MR) is 257 cm³/mol. The van der Waals surface area contributed by atoms with E-state index in [0.29, 0.717) is 35.6 Å². The maximum absolute atomic E-state index is 14.1. The largest absolute Gasteiger partial charge is 0.391 e. The van der Waals surface area contributed by atoms with E-state index in [1.54, 1.807) is 59.6 Å². The van der Waals surface area contributed by atoms with Gasteiger partial charge in [-0.05, 0) is 55.4 Å². The second kappa shape index (κ2) is 20.1. The molecule has 3 atom stereocenters. The summed E-state index contributed by atoms with van der Waals surface area (Å²) in [5, 5.41) is 26.6. The van der Waals surface area contributed by atoms with Crippen LogP contribution in [0.2, 0.25) is 0 Å². The van der Waals surface area contributed by atoms with Gasteiger partial charge in [0.2, 0.25) is 27.7 Å². The molecule has 19 heteroatoms. The number of rotatable bonds is 18. The van der Waals surface area contributed by atoms with Crippen LogP contribution in [-0.4, -0.2) is 96.2 Å². The van der Waals surface area contributed by atoms with Gasteiger partial charge in [-0.15, -0.1) is 11.3 Å². The number of carbonyl (C=O) groups excluding carboxylic acids is 3. The van der Waals surface area contributed by atoms with Gasteiger partial charge in [0.25, 0.3) is 0 Å². The number of aryl methyl sites for hydroxylation is 3. The number of unbranched alkanes of at least 4 members (excludes halogenated alkanes) is 3. The Labute approximate surface area is 389 Å². The van der Waals surface area contributed by atoms with Crippen LogP contribution in [0, 0.1) is 12.3 Å². The number of aromatic nitrogens is 6. The zero-order chi connectivity index (χ0) is 47.3. The number of hydrogen-bond donors (Lipinski definition) is 5. The molecule has 0 spiro atoms. The second-order valence-corrected chi connectivity index (χ2v) is 20.8. The van der Waals surface area contributed by atoms with E-state index >= 15 is 0 Å². The van der Waals surface area contributed by atoms with Crippen molar-refractivity contribution in [2.45, 2.75) is 104 Å². The summed E-state index contributed by atoms with van der Waals surface area (Å²) in [5.41, 5.74) is 14.8. The van der Waals surface area contributed by atoms with Crippen LogP contribution in [0.4, 0.5) is 11.5 Å². The Bertz CT molecular complexity index is 2790. The summed E-state index contributed by atoms with van der Waals surface area (Å²) < 4.78 is 30.3. The van der Waals surface area contributed by atoms with Crippen LogP contribution in [0.15, 0.2) is 72.6 Å². The summed E-state index contributed by atoms with van der Waals surface area (Å²) in [4.78, 5) is 52.2. The highest BCUT2D eigenvalue weighted by molar-refractivity contribution is 7.92. The number of aliphatic hydroxyl groups is 1. The van der Waals surface area contributed by atoms with Gasteiger partial charge in [-0.1, -0.05) is 70.0 Å². The van der Waals surface area contributed by atoms with E-state index in [0.717, 1.165) is 63.2 Å². The zero-order valence-electron chi connectivity index (χ0n) is 38.2. The number of β-amino-alcohol motifs (C(OH)–C–C–N with tert-alkyl or cyclic N) is 1. The van der Waals surface area contributed by atoms with Crippen molar-refractivity contribution in [3.8, 4) is 32.8 Å². The van der Waals surface area contributed by atoms with Crippen LogP contribution in [0.5, 0.6) is 0 Å². The SMILES string of the molecule is CCS(=O)(=O)Nc1ccc(-c2nn(C)c3c(-c4cnn(CCCCCCC(=O)N[C@H](C(=O)N5C[C@H](O)C[C@H]5C(=O)NCc5ccc(-c6scnc6C)cc5)C(C)(C)C)c4)cnc(N)c23)cc1. The molecule has 5 heterocycles. The second-order valence-electron chi connectivity index (χ2n) is 17.9. The summed E-state index contributed by atoms with van der Waals surface area (Å²) in [5.74, 6) is -0.681. The van der Waals surface area contributed by atoms with Gasteiger partial charge in [0.15, 0.2) is 0 Å². The van der Waals surface area contributed by atoms with Crippen LogP contribution in [-0.2, 0) is 44.5 Å². The molecule has 0 radical (unpaired) electrons. The molecule has 350 valence electrons. The number of benzene rings is 2. The lowest BCUT2D eigenvalue weighted by Gasteiger charge is -2.35. The third kappa shape index (κ3) is 11.1. The molecule has 17 nitrogen and oxygen atoms in total. The molecule has 3 amide bonds. The summed E-state index contributed by atoms with van der Waals surface area (Å²) in [6.45, 7) is 10.1. The lowest BCUT2D eigenvalue weighted by atomic mass is 9.85. The topological polar surface area (TPSA) is 232 Å². The fourth-order valence-corrected chi connectivity index (χ4v) is 9.70. The molecule has 2 aromatic carbocycles. The summed E-state index contributed by atoms with van der Waals surface area (Å²) in [6, 6.07) is 13.1. The molecule has 7 rings (SSSR count). The van der Waals surface area contributed by atoms with Crippen molar-refractivity contribution in [3.63, 3.8) is 0 Å². The third-order valence-electron chi connectivity index (χ3n) is 11.9. The maximum atomic E-state index is 14.1. The lowest BCUT2D eigenvalue weighted by Crippen LogP contribution is -2.57. The number of anilines is 2. The molecule has 0 bridgehead atoms. The number of nitrogens with one attached hydrogen (secondary N) is 3. The van der Waals surface area contributed by atoms with Gasteiger partial charge in [-0.25, -0.2) is 18.4 Å². The first kappa shape index (κ1) is 47.8. The predicted octanol–water partition coefficient (Wildman–Crippen LogP) is 6.03. The van der Waals surface area contributed by atoms with Crippen molar-refractivity contribution in [1.82, 2.24) is 45.1 Å². The number of nitrogens with two attached hydrogens (primary N) is 1. The fourth-order valence-electron chi connectivity index (χ4n) is 8.25. The van der Waals surface area contributed by atoms with E-state index in [-0.39, 0.29) is 49.4 Å². The Balaban J connectivity index is 0.887. The molecule has 1 fully saturated rings. The first-order chi connectivity index (χ1) is 31.4. The summed E-state index contributed by atoms with van der Waals surface area (Å²) >= 11 is 1.58. The fraction of sp³-hybridized carbons (Fsp3) is 0.426. The maximum Gasteiger partial charge on any atom is 0.246 e. The van der Waals surface area contributed by atoms with E-state index in [4.69, 9.17) is 10.8 Å². The van der Waals surface area contributed by atoms with Crippen molar-refractivity contribution in [2.75, 3.05) is 22.8 Å². The van der Waals surface area contributed by atoms with E-state index in [1.807, 2.05) is 75.4 Å². The molecule has 4 aromatic heterocycles. The molecule has 1 saturated heterocycles. The number of likely N-dealkylation sites (tertiary alicyclic amines) is 1. The van der Waals surface area contributed by atoms with E-state index in [9.17, 15) is 27.9 Å². The third-order valence-corrected chi connectivity index (χ3v) is 14.2. The quantitative estimate of drug-likeness (QED) is 0.0624. The first-order valence-electron chi connectivity index (χ1n) is 22.2. The number of aliphatic hydroxyl groups excluding tert-OH is 1.